The second-order valence-corrected chi connectivity index (χ2v) is 2.92. The number of ether oxygens (including phenoxy) is 2. The fourth-order valence-electron chi connectivity index (χ4n) is 1.18. The Morgan fingerprint density at radius 3 is 3.00 bits per heavy atom. The van der Waals surface area contributed by atoms with Gasteiger partial charge in [-0.15, -0.1) is 6.58 Å². The third kappa shape index (κ3) is 2.93. The molecule has 12 heavy (non-hydrogen) atoms. The van der Waals surface area contributed by atoms with E-state index < -0.39 is 0 Å². The summed E-state index contributed by atoms with van der Waals surface area (Å²) in [5.74, 6) is 0. The molecule has 0 aliphatic carbocycles. The molecule has 3 nitrogen and oxygen atoms in total. The summed E-state index contributed by atoms with van der Waals surface area (Å²) in [6, 6.07) is 0. The van der Waals surface area contributed by atoms with Crippen molar-refractivity contribution in [3.63, 3.8) is 0 Å². The van der Waals surface area contributed by atoms with Crippen molar-refractivity contribution in [1.29, 1.82) is 0 Å². The van der Waals surface area contributed by atoms with Crippen LogP contribution >= 0.6 is 0 Å². The minimum Gasteiger partial charge on any atom is -0.394 e. The first-order chi connectivity index (χ1) is 5.86. The summed E-state index contributed by atoms with van der Waals surface area (Å²) in [6.07, 6.45) is 4.58. The lowest BCUT2D eigenvalue weighted by Gasteiger charge is -2.08. The monoisotopic (exact) mass is 172 g/mol. The van der Waals surface area contributed by atoms with Gasteiger partial charge in [0, 0.05) is 0 Å². The van der Waals surface area contributed by atoms with Crippen molar-refractivity contribution in [2.75, 3.05) is 13.2 Å². The lowest BCUT2D eigenvalue weighted by Crippen LogP contribution is -2.16. The highest BCUT2D eigenvalue weighted by Gasteiger charge is 2.24. The standard InChI is InChI=1S/C9H16O3/c1-2-3-4-5-9-11-7-8(6-10)12-9/h2,8-10H,1,3-7H2. The summed E-state index contributed by atoms with van der Waals surface area (Å²) < 4.78 is 10.6. The maximum Gasteiger partial charge on any atom is 0.158 e. The molecule has 1 N–H and O–H groups in total. The molecule has 2 atom stereocenters. The third-order valence-corrected chi connectivity index (χ3v) is 1.86. The second-order valence-electron chi connectivity index (χ2n) is 2.92. The molecule has 0 aromatic heterocycles. The van der Waals surface area contributed by atoms with E-state index in [-0.39, 0.29) is 19.0 Å². The zero-order chi connectivity index (χ0) is 8.81. The molecule has 0 bridgehead atoms. The summed E-state index contributed by atoms with van der Waals surface area (Å²) in [4.78, 5) is 0. The maximum absolute atomic E-state index is 8.73. The smallest absolute Gasteiger partial charge is 0.158 e. The van der Waals surface area contributed by atoms with Crippen molar-refractivity contribution in [2.24, 2.45) is 0 Å². The van der Waals surface area contributed by atoms with Crippen LogP contribution in [-0.2, 0) is 9.47 Å². The Morgan fingerprint density at radius 1 is 1.58 bits per heavy atom. The number of hydrogen-bond acceptors (Lipinski definition) is 3. The Labute approximate surface area is 73.0 Å². The number of unbranched alkanes of at least 4 members (excludes halogenated alkanes) is 1. The van der Waals surface area contributed by atoms with E-state index in [4.69, 9.17) is 14.6 Å². The Morgan fingerprint density at radius 2 is 2.42 bits per heavy atom. The molecule has 3 heteroatoms. The largest absolute Gasteiger partial charge is 0.394 e. The van der Waals surface area contributed by atoms with Gasteiger partial charge in [0.15, 0.2) is 6.29 Å². The van der Waals surface area contributed by atoms with Gasteiger partial charge in [-0.25, -0.2) is 0 Å². The lowest BCUT2D eigenvalue weighted by atomic mass is 10.2. The van der Waals surface area contributed by atoms with Crippen LogP contribution in [-0.4, -0.2) is 30.7 Å². The molecule has 1 aliphatic heterocycles. The first kappa shape index (κ1) is 9.71. The summed E-state index contributed by atoms with van der Waals surface area (Å²) in [6.45, 7) is 4.21. The number of rotatable bonds is 5. The molecule has 1 aliphatic rings. The summed E-state index contributed by atoms with van der Waals surface area (Å²) in [7, 11) is 0. The highest BCUT2D eigenvalue weighted by atomic mass is 16.7. The van der Waals surface area contributed by atoms with E-state index in [0.717, 1.165) is 19.3 Å². The van der Waals surface area contributed by atoms with Crippen LogP contribution in [0.15, 0.2) is 12.7 Å². The van der Waals surface area contributed by atoms with Crippen molar-refractivity contribution in [1.82, 2.24) is 0 Å². The fraction of sp³-hybridized carbons (Fsp3) is 0.778. The molecular weight excluding hydrogens is 156 g/mol. The topological polar surface area (TPSA) is 38.7 Å². The highest BCUT2D eigenvalue weighted by Crippen LogP contribution is 2.16. The van der Waals surface area contributed by atoms with Crippen molar-refractivity contribution in [3.8, 4) is 0 Å². The van der Waals surface area contributed by atoms with E-state index in [9.17, 15) is 0 Å². The Balaban J connectivity index is 2.06. The molecule has 1 fully saturated rings. The van der Waals surface area contributed by atoms with Gasteiger partial charge in [0.1, 0.15) is 6.10 Å². The van der Waals surface area contributed by atoms with Gasteiger partial charge < -0.3 is 14.6 Å². The van der Waals surface area contributed by atoms with Crippen LogP contribution in [0.5, 0.6) is 0 Å². The number of aliphatic hydroxyl groups excluding tert-OH is 1. The van der Waals surface area contributed by atoms with Gasteiger partial charge >= 0.3 is 0 Å². The normalized spacial score (nSPS) is 29.1. The van der Waals surface area contributed by atoms with E-state index >= 15 is 0 Å². The average Bonchev–Trinajstić information content (AvgIpc) is 2.53. The first-order valence-electron chi connectivity index (χ1n) is 4.35. The average molecular weight is 172 g/mol. The van der Waals surface area contributed by atoms with Gasteiger partial charge in [0.2, 0.25) is 0 Å². The van der Waals surface area contributed by atoms with Crippen LogP contribution in [0.25, 0.3) is 0 Å². The van der Waals surface area contributed by atoms with E-state index in [2.05, 4.69) is 6.58 Å². The van der Waals surface area contributed by atoms with Crippen LogP contribution in [0, 0.1) is 0 Å². The molecule has 0 aromatic carbocycles. The minimum absolute atomic E-state index is 0.0535. The second kappa shape index (κ2) is 5.30. The van der Waals surface area contributed by atoms with Gasteiger partial charge in [0.25, 0.3) is 0 Å². The summed E-state index contributed by atoms with van der Waals surface area (Å²) >= 11 is 0. The van der Waals surface area contributed by atoms with E-state index in [1.807, 2.05) is 6.08 Å². The summed E-state index contributed by atoms with van der Waals surface area (Å²) in [5.41, 5.74) is 0. The van der Waals surface area contributed by atoms with Crippen molar-refractivity contribution >= 4 is 0 Å². The molecule has 1 heterocycles. The van der Waals surface area contributed by atoms with Gasteiger partial charge in [-0.05, 0) is 19.3 Å². The predicted octanol–water partition coefficient (Wildman–Crippen LogP) is 1.08. The molecule has 1 rings (SSSR count). The third-order valence-electron chi connectivity index (χ3n) is 1.86. The van der Waals surface area contributed by atoms with E-state index in [1.54, 1.807) is 0 Å². The van der Waals surface area contributed by atoms with Gasteiger partial charge in [-0.1, -0.05) is 6.08 Å². The lowest BCUT2D eigenvalue weighted by molar-refractivity contribution is -0.0697. The SMILES string of the molecule is C=CCCCC1OCC(CO)O1. The Bertz CT molecular complexity index is 136. The minimum atomic E-state index is -0.112. The molecule has 1 saturated heterocycles. The quantitative estimate of drug-likeness (QED) is 0.498. The number of allylic oxidation sites excluding steroid dienone is 1. The molecular formula is C9H16O3. The first-order valence-corrected chi connectivity index (χ1v) is 4.35. The molecule has 0 aromatic rings. The van der Waals surface area contributed by atoms with Crippen LogP contribution < -0.4 is 0 Å². The molecule has 2 unspecified atom stereocenters. The van der Waals surface area contributed by atoms with Crippen LogP contribution in [0.3, 0.4) is 0 Å². The van der Waals surface area contributed by atoms with Crippen LogP contribution in [0.1, 0.15) is 19.3 Å². The van der Waals surface area contributed by atoms with Gasteiger partial charge in [-0.2, -0.15) is 0 Å². The van der Waals surface area contributed by atoms with Gasteiger partial charge in [-0.3, -0.25) is 0 Å². The van der Waals surface area contributed by atoms with E-state index in [0.29, 0.717) is 6.61 Å². The number of hydrogen-bond donors (Lipinski definition) is 1. The Hall–Kier alpha value is -0.380. The van der Waals surface area contributed by atoms with Crippen LogP contribution in [0.2, 0.25) is 0 Å². The van der Waals surface area contributed by atoms with Crippen LogP contribution in [0.4, 0.5) is 0 Å². The summed E-state index contributed by atoms with van der Waals surface area (Å²) in [5, 5.41) is 8.73. The number of aliphatic hydroxyl groups is 1. The molecule has 0 amide bonds. The molecule has 0 saturated carbocycles. The van der Waals surface area contributed by atoms with Gasteiger partial charge in [0.05, 0.1) is 13.2 Å². The molecule has 0 spiro atoms. The zero-order valence-corrected chi connectivity index (χ0v) is 7.24. The molecule has 0 radical (unpaired) electrons. The van der Waals surface area contributed by atoms with Crippen molar-refractivity contribution in [2.45, 2.75) is 31.7 Å². The highest BCUT2D eigenvalue weighted by molar-refractivity contribution is 4.68. The molecule has 70 valence electrons. The zero-order valence-electron chi connectivity index (χ0n) is 7.24. The van der Waals surface area contributed by atoms with Crippen molar-refractivity contribution < 1.29 is 14.6 Å². The van der Waals surface area contributed by atoms with E-state index in [1.165, 1.54) is 0 Å². The fourth-order valence-corrected chi connectivity index (χ4v) is 1.18. The predicted molar refractivity (Wildman–Crippen MR) is 45.7 cm³/mol. The Kier molecular flexibility index (Phi) is 4.29. The maximum atomic E-state index is 8.73. The van der Waals surface area contributed by atoms with Crippen molar-refractivity contribution in [3.05, 3.63) is 12.7 Å².